The first kappa shape index (κ1) is 19.1. The summed E-state index contributed by atoms with van der Waals surface area (Å²) in [4.78, 5) is 22.5. The maximum atomic E-state index is 11.3. The molecule has 0 heterocycles. The maximum absolute atomic E-state index is 11.3. The Balaban J connectivity index is 0.000000829. The highest BCUT2D eigenvalue weighted by atomic mass is 16.1. The molecule has 0 spiro atoms. The Hall–Kier alpha value is -0.860. The number of amides is 1. The summed E-state index contributed by atoms with van der Waals surface area (Å²) in [5.74, 6) is 0.536. The van der Waals surface area contributed by atoms with Crippen LogP contribution >= 0.6 is 0 Å². The highest BCUT2D eigenvalue weighted by molar-refractivity contribution is 5.78. The van der Waals surface area contributed by atoms with Gasteiger partial charge in [-0.15, -0.1) is 0 Å². The van der Waals surface area contributed by atoms with Crippen molar-refractivity contribution in [2.75, 3.05) is 0 Å². The normalized spacial score (nSPS) is 28.5. The SMILES string of the molecule is CC.CC.CCC(=O)CCC12CC(NC(=O)CC)(C1)C2. The van der Waals surface area contributed by atoms with Crippen molar-refractivity contribution < 1.29 is 9.59 Å². The molecule has 1 N–H and O–H groups in total. The molecular formula is C17H33NO2. The molecule has 118 valence electrons. The molecule has 3 heteroatoms. The lowest BCUT2D eigenvalue weighted by atomic mass is 9.38. The van der Waals surface area contributed by atoms with E-state index < -0.39 is 0 Å². The predicted molar refractivity (Wildman–Crippen MR) is 84.7 cm³/mol. The zero-order valence-corrected chi connectivity index (χ0v) is 14.3. The minimum Gasteiger partial charge on any atom is -0.351 e. The standard InChI is InChI=1S/C13H21NO2.2C2H6/c1-3-10(15)5-6-12-7-13(8-12,9-12)14-11(16)4-2;2*1-2/h3-9H2,1-2H3,(H,14,16);2*1-2H3. The molecule has 0 aromatic heterocycles. The van der Waals surface area contributed by atoms with Gasteiger partial charge in [0.25, 0.3) is 0 Å². The maximum Gasteiger partial charge on any atom is 0.220 e. The molecule has 20 heavy (non-hydrogen) atoms. The van der Waals surface area contributed by atoms with E-state index >= 15 is 0 Å². The van der Waals surface area contributed by atoms with Crippen molar-refractivity contribution in [3.05, 3.63) is 0 Å². The number of hydrogen-bond acceptors (Lipinski definition) is 2. The molecular weight excluding hydrogens is 250 g/mol. The largest absolute Gasteiger partial charge is 0.351 e. The Labute approximate surface area is 124 Å². The van der Waals surface area contributed by atoms with E-state index in [1.165, 1.54) is 0 Å². The topological polar surface area (TPSA) is 46.2 Å². The van der Waals surface area contributed by atoms with Crippen LogP contribution in [0.5, 0.6) is 0 Å². The van der Waals surface area contributed by atoms with E-state index in [0.717, 1.165) is 32.1 Å². The van der Waals surface area contributed by atoms with Gasteiger partial charge < -0.3 is 5.32 Å². The summed E-state index contributed by atoms with van der Waals surface area (Å²) in [6, 6.07) is 0. The summed E-state index contributed by atoms with van der Waals surface area (Å²) in [5.41, 5.74) is 0.536. The predicted octanol–water partition coefficient (Wildman–Crippen LogP) is 4.25. The Morgan fingerprint density at radius 3 is 1.85 bits per heavy atom. The van der Waals surface area contributed by atoms with Crippen molar-refractivity contribution in [1.82, 2.24) is 5.32 Å². The minimum atomic E-state index is 0.127. The van der Waals surface area contributed by atoms with Gasteiger partial charge in [0.15, 0.2) is 0 Å². The first-order valence-electron chi connectivity index (χ1n) is 8.36. The second-order valence-corrected chi connectivity index (χ2v) is 5.60. The number of hydrogen-bond donors (Lipinski definition) is 1. The van der Waals surface area contributed by atoms with Gasteiger partial charge in [-0.1, -0.05) is 41.5 Å². The van der Waals surface area contributed by atoms with Crippen LogP contribution in [0.25, 0.3) is 0 Å². The second kappa shape index (κ2) is 8.43. The highest BCUT2D eigenvalue weighted by Gasteiger charge is 2.67. The number of Topliss-reactive ketones (excluding diaryl/α,β-unsaturated/α-hetero) is 1. The average molecular weight is 283 g/mol. The Kier molecular flexibility index (Phi) is 8.07. The summed E-state index contributed by atoms with van der Waals surface area (Å²) in [6.45, 7) is 11.8. The summed E-state index contributed by atoms with van der Waals surface area (Å²) >= 11 is 0. The third-order valence-corrected chi connectivity index (χ3v) is 4.19. The molecule has 1 amide bonds. The lowest BCUT2D eigenvalue weighted by Gasteiger charge is -2.71. The van der Waals surface area contributed by atoms with E-state index in [2.05, 4.69) is 5.32 Å². The molecule has 3 fully saturated rings. The van der Waals surface area contributed by atoms with E-state index in [4.69, 9.17) is 0 Å². The number of carbonyl (C=O) groups is 2. The molecule has 0 radical (unpaired) electrons. The minimum absolute atomic E-state index is 0.127. The zero-order chi connectivity index (χ0) is 15.8. The van der Waals surface area contributed by atoms with Crippen LogP contribution in [-0.4, -0.2) is 17.2 Å². The van der Waals surface area contributed by atoms with Gasteiger partial charge in [0.2, 0.25) is 5.91 Å². The van der Waals surface area contributed by atoms with Gasteiger partial charge in [-0.25, -0.2) is 0 Å². The van der Waals surface area contributed by atoms with E-state index in [0.29, 0.717) is 24.0 Å². The van der Waals surface area contributed by atoms with Crippen LogP contribution in [0, 0.1) is 5.41 Å². The van der Waals surface area contributed by atoms with Crippen LogP contribution in [0.1, 0.15) is 86.5 Å². The molecule has 0 atom stereocenters. The number of carbonyl (C=O) groups excluding carboxylic acids is 2. The van der Waals surface area contributed by atoms with Gasteiger partial charge in [-0.2, -0.15) is 0 Å². The van der Waals surface area contributed by atoms with Gasteiger partial charge in [0.1, 0.15) is 5.78 Å². The van der Waals surface area contributed by atoms with Crippen LogP contribution in [0.15, 0.2) is 0 Å². The fourth-order valence-corrected chi connectivity index (χ4v) is 3.36. The van der Waals surface area contributed by atoms with Crippen molar-refractivity contribution in [2.24, 2.45) is 5.41 Å². The summed E-state index contributed by atoms with van der Waals surface area (Å²) < 4.78 is 0. The van der Waals surface area contributed by atoms with E-state index in [1.54, 1.807) is 0 Å². The van der Waals surface area contributed by atoms with Gasteiger partial charge in [-0.05, 0) is 31.1 Å². The summed E-state index contributed by atoms with van der Waals surface area (Å²) in [6.07, 6.45) is 6.29. The van der Waals surface area contributed by atoms with Crippen LogP contribution in [-0.2, 0) is 9.59 Å². The average Bonchev–Trinajstić information content (AvgIpc) is 2.43. The molecule has 2 bridgehead atoms. The lowest BCUT2D eigenvalue weighted by molar-refractivity contribution is -0.170. The molecule has 0 aliphatic heterocycles. The van der Waals surface area contributed by atoms with Crippen LogP contribution in [0.4, 0.5) is 0 Å². The lowest BCUT2D eigenvalue weighted by Crippen LogP contribution is -2.74. The van der Waals surface area contributed by atoms with Gasteiger partial charge >= 0.3 is 0 Å². The Morgan fingerprint density at radius 1 is 0.950 bits per heavy atom. The second-order valence-electron chi connectivity index (χ2n) is 5.60. The number of nitrogens with one attached hydrogen (secondary N) is 1. The smallest absolute Gasteiger partial charge is 0.220 e. The van der Waals surface area contributed by atoms with Crippen LogP contribution in [0.2, 0.25) is 0 Å². The molecule has 0 aromatic carbocycles. The van der Waals surface area contributed by atoms with Crippen LogP contribution in [0.3, 0.4) is 0 Å². The molecule has 3 aliphatic carbocycles. The fraction of sp³-hybridized carbons (Fsp3) is 0.882. The summed E-state index contributed by atoms with van der Waals surface area (Å²) in [7, 11) is 0. The number of ketones is 1. The van der Waals surface area contributed by atoms with Crippen molar-refractivity contribution in [1.29, 1.82) is 0 Å². The van der Waals surface area contributed by atoms with Crippen molar-refractivity contribution in [3.63, 3.8) is 0 Å². The van der Waals surface area contributed by atoms with E-state index in [1.807, 2.05) is 41.5 Å². The summed E-state index contributed by atoms with van der Waals surface area (Å²) in [5, 5.41) is 3.11. The molecule has 0 aromatic rings. The van der Waals surface area contributed by atoms with E-state index in [-0.39, 0.29) is 11.4 Å². The quantitative estimate of drug-likeness (QED) is 0.792. The van der Waals surface area contributed by atoms with Gasteiger partial charge in [0.05, 0.1) is 0 Å². The molecule has 0 unspecified atom stereocenters. The first-order chi connectivity index (χ1) is 9.53. The highest BCUT2D eigenvalue weighted by Crippen LogP contribution is 2.69. The van der Waals surface area contributed by atoms with Crippen molar-refractivity contribution in [2.45, 2.75) is 92.0 Å². The molecule has 0 saturated heterocycles. The molecule has 3 saturated carbocycles. The zero-order valence-electron chi connectivity index (χ0n) is 14.3. The fourth-order valence-electron chi connectivity index (χ4n) is 3.36. The monoisotopic (exact) mass is 283 g/mol. The van der Waals surface area contributed by atoms with Gasteiger partial charge in [0, 0.05) is 24.8 Å². The van der Waals surface area contributed by atoms with Crippen molar-refractivity contribution >= 4 is 11.7 Å². The number of rotatable bonds is 6. The Morgan fingerprint density at radius 2 is 1.45 bits per heavy atom. The third kappa shape index (κ3) is 4.32. The Bertz CT molecular complexity index is 303. The van der Waals surface area contributed by atoms with E-state index in [9.17, 15) is 9.59 Å². The third-order valence-electron chi connectivity index (χ3n) is 4.19. The molecule has 3 nitrogen and oxygen atoms in total. The molecule has 3 rings (SSSR count). The molecule has 3 aliphatic rings. The van der Waals surface area contributed by atoms with Crippen LogP contribution < -0.4 is 5.32 Å². The first-order valence-corrected chi connectivity index (χ1v) is 8.36. The van der Waals surface area contributed by atoms with Crippen molar-refractivity contribution in [3.8, 4) is 0 Å². The van der Waals surface area contributed by atoms with Gasteiger partial charge in [-0.3, -0.25) is 9.59 Å².